The Balaban J connectivity index is 2.81. The lowest BCUT2D eigenvalue weighted by Gasteiger charge is -2.00. The Bertz CT molecular complexity index is 478. The third-order valence-electron chi connectivity index (χ3n) is 1.97. The molecule has 2 rings (SSSR count). The van der Waals surface area contributed by atoms with Crippen molar-refractivity contribution in [3.05, 3.63) is 28.9 Å². The Labute approximate surface area is 82.0 Å². The number of fused-ring (bicyclic) bond motifs is 1. The van der Waals surface area contributed by atoms with Crippen LogP contribution in [-0.2, 0) is 0 Å². The van der Waals surface area contributed by atoms with Gasteiger partial charge in [0.15, 0.2) is 0 Å². The molecule has 0 aliphatic heterocycles. The lowest BCUT2D eigenvalue weighted by atomic mass is 10.1. The molecule has 2 aromatic rings. The zero-order valence-corrected chi connectivity index (χ0v) is 7.75. The van der Waals surface area contributed by atoms with Crippen molar-refractivity contribution in [1.82, 2.24) is 0 Å². The third-order valence-corrected chi connectivity index (χ3v) is 3.03. The summed E-state index contributed by atoms with van der Waals surface area (Å²) in [6.45, 7) is 0. The van der Waals surface area contributed by atoms with E-state index in [1.165, 1.54) is 18.2 Å². The van der Waals surface area contributed by atoms with Gasteiger partial charge in [-0.25, -0.2) is 8.78 Å². The number of benzene rings is 1. The van der Waals surface area contributed by atoms with Crippen LogP contribution in [0.25, 0.3) is 10.1 Å². The fraction of sp³-hybridized carbons (Fsp3) is 0.111. The maximum atomic E-state index is 13.0. The highest BCUT2D eigenvalue weighted by molar-refractivity contribution is 7.18. The molecule has 0 atom stereocenters. The Morgan fingerprint density at radius 2 is 2.00 bits per heavy atom. The largest absolute Gasteiger partial charge is 0.395 e. The van der Waals surface area contributed by atoms with E-state index in [0.29, 0.717) is 16.7 Å². The van der Waals surface area contributed by atoms with E-state index >= 15 is 0 Å². The molecule has 0 bridgehead atoms. The van der Waals surface area contributed by atoms with E-state index in [9.17, 15) is 13.2 Å². The number of hydrogen-bond donors (Lipinski definition) is 1. The normalized spacial score (nSPS) is 11.4. The molecule has 0 saturated heterocycles. The summed E-state index contributed by atoms with van der Waals surface area (Å²) in [7, 11) is 0. The number of rotatable bonds is 1. The Hall–Kier alpha value is -1.23. The van der Waals surface area contributed by atoms with Gasteiger partial charge in [-0.2, -0.15) is 4.39 Å². The fourth-order valence-corrected chi connectivity index (χ4v) is 2.27. The first kappa shape index (κ1) is 9.33. The second-order valence-corrected chi connectivity index (χ2v) is 3.78. The molecule has 1 nitrogen and oxygen atoms in total. The summed E-state index contributed by atoms with van der Waals surface area (Å²) < 4.78 is 38.2. The number of thiophene rings is 1. The van der Waals surface area contributed by atoms with Crippen LogP contribution < -0.4 is 5.73 Å². The van der Waals surface area contributed by atoms with Crippen LogP contribution in [0.4, 0.5) is 18.9 Å². The topological polar surface area (TPSA) is 26.0 Å². The molecule has 1 aromatic heterocycles. The van der Waals surface area contributed by atoms with Gasteiger partial charge in [0, 0.05) is 15.6 Å². The van der Waals surface area contributed by atoms with E-state index in [1.54, 1.807) is 0 Å². The first-order chi connectivity index (χ1) is 6.61. The number of anilines is 1. The van der Waals surface area contributed by atoms with Gasteiger partial charge in [0.1, 0.15) is 0 Å². The molecule has 0 radical (unpaired) electrons. The van der Waals surface area contributed by atoms with Crippen molar-refractivity contribution in [2.24, 2.45) is 0 Å². The SMILES string of the molecule is Nc1c(F)sc2c(C(F)F)cccc12. The molecule has 2 N–H and O–H groups in total. The number of nitrogen functional groups attached to an aromatic ring is 1. The molecule has 5 heteroatoms. The van der Waals surface area contributed by atoms with Crippen molar-refractivity contribution in [3.63, 3.8) is 0 Å². The van der Waals surface area contributed by atoms with Crippen LogP contribution in [0.3, 0.4) is 0 Å². The molecule has 0 unspecified atom stereocenters. The average molecular weight is 217 g/mol. The average Bonchev–Trinajstić information content (AvgIpc) is 2.43. The Morgan fingerprint density at radius 3 is 2.64 bits per heavy atom. The fourth-order valence-electron chi connectivity index (χ4n) is 1.30. The maximum absolute atomic E-state index is 13.0. The van der Waals surface area contributed by atoms with Crippen LogP contribution in [0.15, 0.2) is 18.2 Å². The molecule has 0 saturated carbocycles. The van der Waals surface area contributed by atoms with Crippen molar-refractivity contribution in [3.8, 4) is 0 Å². The first-order valence-electron chi connectivity index (χ1n) is 3.86. The smallest absolute Gasteiger partial charge is 0.265 e. The second-order valence-electron chi connectivity index (χ2n) is 2.81. The highest BCUT2D eigenvalue weighted by Gasteiger charge is 2.16. The van der Waals surface area contributed by atoms with Crippen LogP contribution in [0.5, 0.6) is 0 Å². The van der Waals surface area contributed by atoms with Gasteiger partial charge in [-0.05, 0) is 0 Å². The van der Waals surface area contributed by atoms with E-state index < -0.39 is 11.6 Å². The van der Waals surface area contributed by atoms with Gasteiger partial charge in [-0.15, -0.1) is 11.3 Å². The molecular weight excluding hydrogens is 211 g/mol. The van der Waals surface area contributed by atoms with Crippen molar-refractivity contribution in [2.75, 3.05) is 5.73 Å². The highest BCUT2D eigenvalue weighted by Crippen LogP contribution is 2.37. The van der Waals surface area contributed by atoms with Crippen molar-refractivity contribution >= 4 is 27.1 Å². The molecule has 0 aliphatic carbocycles. The summed E-state index contributed by atoms with van der Waals surface area (Å²) >= 11 is 0.662. The van der Waals surface area contributed by atoms with Gasteiger partial charge in [0.25, 0.3) is 6.43 Å². The Kier molecular flexibility index (Phi) is 2.11. The molecule has 74 valence electrons. The number of hydrogen-bond acceptors (Lipinski definition) is 2. The van der Waals surface area contributed by atoms with Crippen molar-refractivity contribution in [1.29, 1.82) is 0 Å². The predicted molar refractivity (Wildman–Crippen MR) is 51.2 cm³/mol. The van der Waals surface area contributed by atoms with Crippen molar-refractivity contribution in [2.45, 2.75) is 6.43 Å². The molecule has 1 aromatic carbocycles. The summed E-state index contributed by atoms with van der Waals surface area (Å²) in [5.41, 5.74) is 5.19. The highest BCUT2D eigenvalue weighted by atomic mass is 32.1. The zero-order chi connectivity index (χ0) is 10.3. The monoisotopic (exact) mass is 217 g/mol. The van der Waals surface area contributed by atoms with Crippen molar-refractivity contribution < 1.29 is 13.2 Å². The molecule has 0 spiro atoms. The molecule has 14 heavy (non-hydrogen) atoms. The number of halogens is 3. The molecule has 1 heterocycles. The van der Waals surface area contributed by atoms with Gasteiger partial charge < -0.3 is 5.73 Å². The maximum Gasteiger partial charge on any atom is 0.265 e. The van der Waals surface area contributed by atoms with E-state index in [-0.39, 0.29) is 16.0 Å². The van der Waals surface area contributed by atoms with Gasteiger partial charge in [0.05, 0.1) is 5.69 Å². The lowest BCUT2D eigenvalue weighted by Crippen LogP contribution is -1.86. The van der Waals surface area contributed by atoms with Gasteiger partial charge >= 0.3 is 0 Å². The minimum Gasteiger partial charge on any atom is -0.395 e. The van der Waals surface area contributed by atoms with Gasteiger partial charge in [-0.1, -0.05) is 18.2 Å². The number of alkyl halides is 2. The predicted octanol–water partition coefficient (Wildman–Crippen LogP) is 3.56. The summed E-state index contributed by atoms with van der Waals surface area (Å²) in [5, 5.41) is -0.238. The molecular formula is C9H6F3NS. The quantitative estimate of drug-likeness (QED) is 0.776. The van der Waals surface area contributed by atoms with Crippen LogP contribution in [0, 0.1) is 5.13 Å². The summed E-state index contributed by atoms with van der Waals surface area (Å²) in [6.07, 6.45) is -2.60. The Morgan fingerprint density at radius 1 is 1.29 bits per heavy atom. The van der Waals surface area contributed by atoms with Crippen LogP contribution in [-0.4, -0.2) is 0 Å². The summed E-state index contributed by atoms with van der Waals surface area (Å²) in [4.78, 5) is 0. The number of nitrogens with two attached hydrogens (primary N) is 1. The minimum atomic E-state index is -2.60. The standard InChI is InChI=1S/C9H6F3NS/c10-8(11)5-3-1-2-4-6(13)9(12)14-7(4)5/h1-3,8H,13H2. The van der Waals surface area contributed by atoms with Crippen LogP contribution in [0.1, 0.15) is 12.0 Å². The van der Waals surface area contributed by atoms with E-state index in [0.717, 1.165) is 0 Å². The molecule has 0 aliphatic rings. The van der Waals surface area contributed by atoms with Gasteiger partial charge in [-0.3, -0.25) is 0 Å². The van der Waals surface area contributed by atoms with E-state index in [1.807, 2.05) is 0 Å². The van der Waals surface area contributed by atoms with E-state index in [2.05, 4.69) is 0 Å². The zero-order valence-electron chi connectivity index (χ0n) is 6.93. The molecule has 0 amide bonds. The van der Waals surface area contributed by atoms with Crippen LogP contribution >= 0.6 is 11.3 Å². The van der Waals surface area contributed by atoms with E-state index in [4.69, 9.17) is 5.73 Å². The molecule has 0 fully saturated rings. The minimum absolute atomic E-state index is 0.0486. The van der Waals surface area contributed by atoms with Crippen LogP contribution in [0.2, 0.25) is 0 Å². The van der Waals surface area contributed by atoms with Gasteiger partial charge in [0.2, 0.25) is 5.13 Å². The summed E-state index contributed by atoms with van der Waals surface area (Å²) in [6, 6.07) is 4.27. The second kappa shape index (κ2) is 3.16. The third kappa shape index (κ3) is 1.24. The lowest BCUT2D eigenvalue weighted by molar-refractivity contribution is 0.153. The first-order valence-corrected chi connectivity index (χ1v) is 4.67. The summed E-state index contributed by atoms with van der Waals surface area (Å²) in [5.74, 6) is 0.